The molecule has 3 nitrogen and oxygen atoms in total. The molecule has 0 N–H and O–H groups in total. The van der Waals surface area contributed by atoms with Crippen LogP contribution < -0.4 is 5.19 Å². The van der Waals surface area contributed by atoms with Crippen LogP contribution in [-0.2, 0) is 20.1 Å². The number of hydrogen-bond donors (Lipinski definition) is 0. The minimum absolute atomic E-state index is 0. The minimum Gasteiger partial charge on any atom is -0.464 e. The van der Waals surface area contributed by atoms with Crippen molar-refractivity contribution in [2.24, 2.45) is 0 Å². The zero-order valence-corrected chi connectivity index (χ0v) is 25.7. The number of furan rings is 1. The summed E-state index contributed by atoms with van der Waals surface area (Å²) in [5, 5.41) is 3.64. The molecule has 5 heteroatoms. The first-order valence-electron chi connectivity index (χ1n) is 12.5. The fourth-order valence-corrected chi connectivity index (χ4v) is 5.26. The molecule has 0 amide bonds. The topological polar surface area (TPSA) is 38.9 Å². The Kier molecular flexibility index (Phi) is 8.42. The molecule has 0 spiro atoms. The van der Waals surface area contributed by atoms with Crippen molar-refractivity contribution in [3.63, 3.8) is 0 Å². The van der Waals surface area contributed by atoms with Crippen LogP contribution in [0.1, 0.15) is 11.1 Å². The monoisotopic (exact) mass is 691 g/mol. The van der Waals surface area contributed by atoms with Crippen LogP contribution in [0.3, 0.4) is 0 Å². The van der Waals surface area contributed by atoms with E-state index in [1.54, 1.807) is 0 Å². The van der Waals surface area contributed by atoms with E-state index < -0.39 is 8.07 Å². The van der Waals surface area contributed by atoms with Gasteiger partial charge in [-0.05, 0) is 30.3 Å². The number of rotatable bonds is 3. The summed E-state index contributed by atoms with van der Waals surface area (Å²) < 4.78 is 6.06. The summed E-state index contributed by atoms with van der Waals surface area (Å²) in [7, 11) is -1.31. The predicted octanol–water partition coefficient (Wildman–Crippen LogP) is 8.16. The van der Waals surface area contributed by atoms with Crippen molar-refractivity contribution in [1.82, 2.24) is 9.97 Å². The van der Waals surface area contributed by atoms with Gasteiger partial charge in [0, 0.05) is 57.0 Å². The van der Waals surface area contributed by atoms with E-state index in [2.05, 4.69) is 85.1 Å². The maximum atomic E-state index is 6.06. The van der Waals surface area contributed by atoms with E-state index in [0.29, 0.717) is 0 Å². The van der Waals surface area contributed by atoms with E-state index in [-0.39, 0.29) is 20.1 Å². The Balaban J connectivity index is 0.000000193. The third-order valence-electron chi connectivity index (χ3n) is 6.38. The van der Waals surface area contributed by atoms with E-state index >= 15 is 0 Å². The molecule has 0 fully saturated rings. The number of para-hydroxylation sites is 1. The quantitative estimate of drug-likeness (QED) is 0.139. The third kappa shape index (κ3) is 6.02. The van der Waals surface area contributed by atoms with Crippen molar-refractivity contribution in [3.05, 3.63) is 115 Å². The average Bonchev–Trinajstić information content (AvgIpc) is 3.29. The smallest absolute Gasteiger partial charge is 0.134 e. The van der Waals surface area contributed by atoms with Crippen LogP contribution in [0, 0.1) is 26.0 Å². The Hall–Kier alpha value is -3.37. The second-order valence-electron chi connectivity index (χ2n) is 10.4. The van der Waals surface area contributed by atoms with Crippen molar-refractivity contribution < 1.29 is 24.5 Å². The summed E-state index contributed by atoms with van der Waals surface area (Å²) in [6, 6.07) is 33.4. The zero-order chi connectivity index (χ0) is 26.0. The van der Waals surface area contributed by atoms with Gasteiger partial charge in [-0.3, -0.25) is 0 Å². The van der Waals surface area contributed by atoms with Gasteiger partial charge in [-0.25, -0.2) is 0 Å². The van der Waals surface area contributed by atoms with Crippen molar-refractivity contribution >= 4 is 35.2 Å². The second-order valence-corrected chi connectivity index (χ2v) is 15.5. The van der Waals surface area contributed by atoms with Crippen LogP contribution in [0.2, 0.25) is 19.6 Å². The first kappa shape index (κ1) is 27.7. The van der Waals surface area contributed by atoms with Crippen molar-refractivity contribution in [3.8, 4) is 22.5 Å². The molecule has 1 radical (unpaired) electrons. The largest absolute Gasteiger partial charge is 0.464 e. The van der Waals surface area contributed by atoms with Crippen molar-refractivity contribution in [1.29, 1.82) is 0 Å². The van der Waals surface area contributed by atoms with E-state index in [9.17, 15) is 0 Å². The van der Waals surface area contributed by atoms with Gasteiger partial charge in [0.05, 0.1) is 0 Å². The molecule has 0 aliphatic heterocycles. The molecule has 0 saturated carbocycles. The number of pyridine rings is 2. The summed E-state index contributed by atoms with van der Waals surface area (Å²) in [5.41, 5.74) is 8.02. The molecular weight excluding hydrogens is 661 g/mol. The Morgan fingerprint density at radius 3 is 2.11 bits per heavy atom. The molecule has 0 aliphatic rings. The normalized spacial score (nSPS) is 11.1. The van der Waals surface area contributed by atoms with Crippen LogP contribution in [0.15, 0.2) is 95.7 Å². The van der Waals surface area contributed by atoms with Crippen molar-refractivity contribution in [2.75, 3.05) is 0 Å². The van der Waals surface area contributed by atoms with E-state index in [4.69, 9.17) is 4.42 Å². The van der Waals surface area contributed by atoms with E-state index in [1.807, 2.05) is 61.8 Å². The SMILES string of the molecule is C[Si](C)(C)c1c[c-]c(-c2nccc3c2oc2ccccc23)cc1.Cc1c[c-]c(-c2ccc(C)cn2)cc1.[Ir]. The average molecular weight is 691 g/mol. The number of aryl methyl sites for hydroxylation is 2. The van der Waals surface area contributed by atoms with Gasteiger partial charge in [-0.15, -0.1) is 70.4 Å². The van der Waals surface area contributed by atoms with Gasteiger partial charge in [-0.2, -0.15) is 0 Å². The molecule has 3 heterocycles. The molecule has 0 aliphatic carbocycles. The maximum Gasteiger partial charge on any atom is 0.134 e. The van der Waals surface area contributed by atoms with Gasteiger partial charge < -0.3 is 14.4 Å². The molecule has 3 aromatic heterocycles. The Morgan fingerprint density at radius 2 is 1.45 bits per heavy atom. The van der Waals surface area contributed by atoms with Gasteiger partial charge >= 0.3 is 0 Å². The van der Waals surface area contributed by atoms with Crippen LogP contribution >= 0.6 is 0 Å². The van der Waals surface area contributed by atoms with Crippen molar-refractivity contribution in [2.45, 2.75) is 33.5 Å². The minimum atomic E-state index is -1.31. The molecule has 0 saturated heterocycles. The van der Waals surface area contributed by atoms with Crippen LogP contribution in [0.4, 0.5) is 0 Å². The molecule has 193 valence electrons. The fourth-order valence-electron chi connectivity index (χ4n) is 4.17. The first-order valence-corrected chi connectivity index (χ1v) is 16.0. The Labute approximate surface area is 239 Å². The zero-order valence-electron chi connectivity index (χ0n) is 22.3. The van der Waals surface area contributed by atoms with Crippen LogP contribution in [0.25, 0.3) is 44.5 Å². The summed E-state index contributed by atoms with van der Waals surface area (Å²) in [6.45, 7) is 11.1. The molecule has 0 atom stereocenters. The Morgan fingerprint density at radius 1 is 0.711 bits per heavy atom. The predicted molar refractivity (Wildman–Crippen MR) is 157 cm³/mol. The van der Waals surface area contributed by atoms with E-state index in [0.717, 1.165) is 44.5 Å². The number of nitrogens with zero attached hydrogens (tertiary/aromatic N) is 2. The summed E-state index contributed by atoms with van der Waals surface area (Å²) in [4.78, 5) is 8.90. The van der Waals surface area contributed by atoms with Gasteiger partial charge in [0.2, 0.25) is 0 Å². The molecule has 0 unspecified atom stereocenters. The number of fused-ring (bicyclic) bond motifs is 3. The van der Waals surface area contributed by atoms with Gasteiger partial charge in [-0.1, -0.05) is 56.9 Å². The summed E-state index contributed by atoms with van der Waals surface area (Å²) in [5.74, 6) is 0. The first-order chi connectivity index (χ1) is 17.8. The molecule has 6 rings (SSSR count). The third-order valence-corrected chi connectivity index (χ3v) is 8.43. The molecule has 3 aromatic carbocycles. The molecular formula is C33H30IrN2OSi-2. The molecule has 0 bridgehead atoms. The number of benzene rings is 3. The second kappa shape index (κ2) is 11.6. The molecule has 38 heavy (non-hydrogen) atoms. The maximum absolute atomic E-state index is 6.06. The van der Waals surface area contributed by atoms with Gasteiger partial charge in [0.15, 0.2) is 0 Å². The fraction of sp³-hybridized carbons (Fsp3) is 0.152. The number of hydrogen-bond acceptors (Lipinski definition) is 3. The van der Waals surface area contributed by atoms with Crippen LogP contribution in [0.5, 0.6) is 0 Å². The standard InChI is InChI=1S/C20H18NOSi.C13H12N.Ir/c1-23(2,3)15-10-8-14(9-11-15)19-20-17(12-13-21-19)16-6-4-5-7-18(16)22-20;1-10-3-6-12(7-4-10)13-8-5-11(2)9-14-13;/h4-8,10-13H,1-3H3;3-6,8-9H,1-2H3;/q2*-1;. The van der Waals surface area contributed by atoms with Gasteiger partial charge in [0.25, 0.3) is 0 Å². The van der Waals surface area contributed by atoms with E-state index in [1.165, 1.54) is 16.3 Å². The number of aromatic nitrogens is 2. The summed E-state index contributed by atoms with van der Waals surface area (Å²) in [6.07, 6.45) is 3.73. The Bertz CT molecular complexity index is 1610. The van der Waals surface area contributed by atoms with Crippen LogP contribution in [-0.4, -0.2) is 18.0 Å². The van der Waals surface area contributed by atoms with Gasteiger partial charge in [0.1, 0.15) is 11.2 Å². The summed E-state index contributed by atoms with van der Waals surface area (Å²) >= 11 is 0. The molecule has 6 aromatic rings.